The molecule has 0 bridgehead atoms. The first-order chi connectivity index (χ1) is 20.1. The molecular weight excluding hydrogens is 536 g/mol. The molecule has 0 aliphatic carbocycles. The van der Waals surface area contributed by atoms with Crippen LogP contribution in [0.3, 0.4) is 0 Å². The topological polar surface area (TPSA) is 143 Å². The van der Waals surface area contributed by atoms with Crippen molar-refractivity contribution in [2.75, 3.05) is 7.11 Å². The SMILES string of the molecule is CCCn1c(=O)n(CC(=O)OC)c(=O)c2c1nc(CC(C)(C)C)n2Cc1ccc(-c2ccccc2-c2nn[nH]n2)cc1. The van der Waals surface area contributed by atoms with Crippen molar-refractivity contribution in [3.05, 3.63) is 80.8 Å². The third kappa shape index (κ3) is 5.65. The number of ether oxygens (including phenoxy) is 1. The molecule has 3 heterocycles. The van der Waals surface area contributed by atoms with Crippen LogP contribution in [0.1, 0.15) is 45.5 Å². The van der Waals surface area contributed by atoms with E-state index >= 15 is 0 Å². The lowest BCUT2D eigenvalue weighted by Gasteiger charge is -2.19. The van der Waals surface area contributed by atoms with Crippen LogP contribution in [0.5, 0.6) is 0 Å². The first-order valence-corrected chi connectivity index (χ1v) is 13.8. The van der Waals surface area contributed by atoms with Crippen LogP contribution in [0.4, 0.5) is 0 Å². The fraction of sp³-hybridized carbons (Fsp3) is 0.367. The quantitative estimate of drug-likeness (QED) is 0.266. The number of aryl methyl sites for hydroxylation is 1. The molecule has 0 saturated carbocycles. The number of carbonyl (C=O) groups excluding carboxylic acids is 1. The van der Waals surface area contributed by atoms with Crippen molar-refractivity contribution in [2.24, 2.45) is 5.41 Å². The van der Waals surface area contributed by atoms with Gasteiger partial charge in [0, 0.05) is 25.1 Å². The minimum absolute atomic E-state index is 0.136. The van der Waals surface area contributed by atoms with Gasteiger partial charge in [0.15, 0.2) is 11.2 Å². The minimum atomic E-state index is -0.672. The molecule has 2 aromatic carbocycles. The minimum Gasteiger partial charge on any atom is -0.468 e. The fourth-order valence-electron chi connectivity index (χ4n) is 5.05. The summed E-state index contributed by atoms with van der Waals surface area (Å²) in [7, 11) is 1.23. The van der Waals surface area contributed by atoms with E-state index < -0.39 is 23.8 Å². The van der Waals surface area contributed by atoms with Gasteiger partial charge in [-0.25, -0.2) is 14.3 Å². The summed E-state index contributed by atoms with van der Waals surface area (Å²) in [5, 5.41) is 14.4. The van der Waals surface area contributed by atoms with E-state index in [-0.39, 0.29) is 10.9 Å². The van der Waals surface area contributed by atoms with Crippen molar-refractivity contribution in [1.82, 2.24) is 39.3 Å². The van der Waals surface area contributed by atoms with Gasteiger partial charge in [0.05, 0.1) is 7.11 Å². The standard InChI is InChI=1S/C30H34N8O4/c1-6-15-36-27-25(28(40)38(29(36)41)18-24(39)42-5)37(23(31-27)16-30(2,3)4)17-19-11-13-20(14-12-19)21-9-7-8-10-22(21)26-32-34-35-33-26/h7-14H,6,15-18H2,1-5H3,(H,32,33,34,35). The van der Waals surface area contributed by atoms with Crippen LogP contribution < -0.4 is 11.2 Å². The predicted molar refractivity (Wildman–Crippen MR) is 158 cm³/mol. The lowest BCUT2D eigenvalue weighted by Crippen LogP contribution is -2.42. The molecule has 0 unspecified atom stereocenters. The van der Waals surface area contributed by atoms with E-state index in [4.69, 9.17) is 9.72 Å². The largest absolute Gasteiger partial charge is 0.468 e. The molecule has 3 aromatic heterocycles. The number of esters is 1. The Morgan fingerprint density at radius 2 is 1.69 bits per heavy atom. The maximum absolute atomic E-state index is 13.8. The molecular formula is C30H34N8O4. The second-order valence-corrected chi connectivity index (χ2v) is 11.4. The van der Waals surface area contributed by atoms with Gasteiger partial charge in [0.25, 0.3) is 5.56 Å². The second kappa shape index (κ2) is 11.6. The van der Waals surface area contributed by atoms with Crippen molar-refractivity contribution >= 4 is 17.1 Å². The lowest BCUT2D eigenvalue weighted by atomic mass is 9.92. The molecule has 0 amide bonds. The number of methoxy groups -OCH3 is 1. The zero-order valence-corrected chi connectivity index (χ0v) is 24.4. The molecule has 12 heteroatoms. The molecule has 0 aliphatic rings. The van der Waals surface area contributed by atoms with Crippen molar-refractivity contribution in [3.63, 3.8) is 0 Å². The van der Waals surface area contributed by atoms with E-state index in [1.165, 1.54) is 11.7 Å². The average Bonchev–Trinajstić information content (AvgIpc) is 3.62. The number of rotatable bonds is 9. The van der Waals surface area contributed by atoms with Gasteiger partial charge in [0.1, 0.15) is 12.4 Å². The highest BCUT2D eigenvalue weighted by Crippen LogP contribution is 2.30. The van der Waals surface area contributed by atoms with E-state index in [1.54, 1.807) is 0 Å². The van der Waals surface area contributed by atoms with Crippen LogP contribution in [0.2, 0.25) is 0 Å². The van der Waals surface area contributed by atoms with Crippen LogP contribution in [0.25, 0.3) is 33.7 Å². The lowest BCUT2D eigenvalue weighted by molar-refractivity contribution is -0.141. The van der Waals surface area contributed by atoms with Gasteiger partial charge in [-0.05, 0) is 33.7 Å². The summed E-state index contributed by atoms with van der Waals surface area (Å²) in [5.74, 6) is 0.531. The van der Waals surface area contributed by atoms with Crippen LogP contribution in [-0.4, -0.2) is 52.4 Å². The molecule has 1 N–H and O–H groups in total. The predicted octanol–water partition coefficient (Wildman–Crippen LogP) is 3.43. The Kier molecular flexibility index (Phi) is 7.88. The van der Waals surface area contributed by atoms with Gasteiger partial charge in [-0.2, -0.15) is 5.21 Å². The normalized spacial score (nSPS) is 11.7. The Hall–Kier alpha value is -4.87. The fourth-order valence-corrected chi connectivity index (χ4v) is 5.05. The van der Waals surface area contributed by atoms with E-state index in [9.17, 15) is 14.4 Å². The Morgan fingerprint density at radius 3 is 2.31 bits per heavy atom. The number of fused-ring (bicyclic) bond motifs is 1. The Bertz CT molecular complexity index is 1840. The number of aromatic amines is 1. The summed E-state index contributed by atoms with van der Waals surface area (Å²) >= 11 is 0. The number of imidazole rings is 1. The van der Waals surface area contributed by atoms with Crippen molar-refractivity contribution < 1.29 is 9.53 Å². The molecule has 218 valence electrons. The average molecular weight is 571 g/mol. The van der Waals surface area contributed by atoms with Crippen LogP contribution >= 0.6 is 0 Å². The van der Waals surface area contributed by atoms with E-state index in [0.717, 1.165) is 26.8 Å². The van der Waals surface area contributed by atoms with Gasteiger partial charge >= 0.3 is 11.7 Å². The number of nitrogens with one attached hydrogen (secondary N) is 1. The second-order valence-electron chi connectivity index (χ2n) is 11.4. The van der Waals surface area contributed by atoms with Gasteiger partial charge < -0.3 is 9.30 Å². The number of carbonyl (C=O) groups is 1. The molecule has 5 aromatic rings. The molecule has 0 radical (unpaired) electrons. The molecule has 0 fully saturated rings. The molecule has 5 rings (SSSR count). The molecule has 12 nitrogen and oxygen atoms in total. The Labute approximate surface area is 242 Å². The summed E-state index contributed by atoms with van der Waals surface area (Å²) in [5.41, 5.74) is 3.08. The first kappa shape index (κ1) is 28.7. The highest BCUT2D eigenvalue weighted by molar-refractivity contribution is 5.80. The van der Waals surface area contributed by atoms with Gasteiger partial charge in [-0.3, -0.25) is 14.2 Å². The van der Waals surface area contributed by atoms with Gasteiger partial charge in [-0.15, -0.1) is 10.2 Å². The Morgan fingerprint density at radius 1 is 0.976 bits per heavy atom. The Balaban J connectivity index is 1.63. The summed E-state index contributed by atoms with van der Waals surface area (Å²) in [6.07, 6.45) is 1.23. The summed E-state index contributed by atoms with van der Waals surface area (Å²) in [4.78, 5) is 44.1. The van der Waals surface area contributed by atoms with E-state index in [0.29, 0.717) is 43.2 Å². The van der Waals surface area contributed by atoms with Crippen LogP contribution in [-0.2, 0) is 35.6 Å². The molecule has 0 spiro atoms. The maximum Gasteiger partial charge on any atom is 0.333 e. The first-order valence-electron chi connectivity index (χ1n) is 13.8. The highest BCUT2D eigenvalue weighted by Gasteiger charge is 2.25. The van der Waals surface area contributed by atoms with Crippen molar-refractivity contribution in [2.45, 2.75) is 60.2 Å². The smallest absolute Gasteiger partial charge is 0.333 e. The van der Waals surface area contributed by atoms with Crippen LogP contribution in [0.15, 0.2) is 58.1 Å². The zero-order valence-electron chi connectivity index (χ0n) is 24.4. The van der Waals surface area contributed by atoms with Gasteiger partial charge in [-0.1, -0.05) is 76.2 Å². The van der Waals surface area contributed by atoms with E-state index in [1.807, 2.05) is 60.0 Å². The number of tetrazole rings is 1. The zero-order chi connectivity index (χ0) is 30.0. The third-order valence-corrected chi connectivity index (χ3v) is 6.96. The third-order valence-electron chi connectivity index (χ3n) is 6.96. The highest BCUT2D eigenvalue weighted by atomic mass is 16.5. The number of hydrogen-bond donors (Lipinski definition) is 1. The van der Waals surface area contributed by atoms with Gasteiger partial charge in [0.2, 0.25) is 5.82 Å². The molecule has 0 atom stereocenters. The number of benzene rings is 2. The number of aromatic nitrogens is 8. The molecule has 42 heavy (non-hydrogen) atoms. The van der Waals surface area contributed by atoms with Crippen molar-refractivity contribution in [3.8, 4) is 22.5 Å². The van der Waals surface area contributed by atoms with Crippen molar-refractivity contribution in [1.29, 1.82) is 0 Å². The molecule has 0 saturated heterocycles. The van der Waals surface area contributed by atoms with Crippen LogP contribution in [0, 0.1) is 5.41 Å². The summed E-state index contributed by atoms with van der Waals surface area (Å²) < 4.78 is 9.08. The number of H-pyrrole nitrogens is 1. The molecule has 0 aliphatic heterocycles. The van der Waals surface area contributed by atoms with E-state index in [2.05, 4.69) is 41.4 Å². The number of hydrogen-bond acceptors (Lipinski definition) is 8. The monoisotopic (exact) mass is 570 g/mol. The summed E-state index contributed by atoms with van der Waals surface area (Å²) in [6.45, 7) is 8.48. The maximum atomic E-state index is 13.8. The number of nitrogens with zero attached hydrogens (tertiary/aromatic N) is 7. The summed E-state index contributed by atoms with van der Waals surface area (Å²) in [6, 6.07) is 15.9.